The number of ether oxygens (including phenoxy) is 2. The van der Waals surface area contributed by atoms with Crippen LogP contribution in [-0.2, 0) is 49.5 Å². The molecule has 0 radical (unpaired) electrons. The number of amides is 7. The standard InChI is InChI=1S/C43H66N8O10/c1-7-8-9-12-15-36(53)47-25-38(55)50-41(29(2)3)42(58)48-26-37(54)49-30(4)43(59)51(6)27-39(56)45-21-13-10-11-14-22-46-40(57)28-60-33-18-16-32(17-19-33)24-34-35(20-23-44-34)61-31(5)52/h1,16-19,29-30,34-35,41,44H,8-15,20-28H2,2-6H3,(H,45,56)(H,46,57)(H,47,53)(H,48,58)(H,49,54)(H,50,55)/t30-,34+,35+,41?/m0/s1. The summed E-state index contributed by atoms with van der Waals surface area (Å²) in [5.41, 5.74) is 1.07. The Morgan fingerprint density at radius 2 is 1.44 bits per heavy atom. The van der Waals surface area contributed by atoms with Crippen molar-refractivity contribution < 1.29 is 47.8 Å². The summed E-state index contributed by atoms with van der Waals surface area (Å²) < 4.78 is 11.0. The molecule has 0 aromatic heterocycles. The van der Waals surface area contributed by atoms with Crippen LogP contribution in [0, 0.1) is 18.3 Å². The van der Waals surface area contributed by atoms with E-state index in [0.717, 1.165) is 37.8 Å². The maximum absolute atomic E-state index is 12.8. The second kappa shape index (κ2) is 28.7. The van der Waals surface area contributed by atoms with Crippen LogP contribution in [0.25, 0.3) is 0 Å². The fourth-order valence-corrected chi connectivity index (χ4v) is 6.39. The Kier molecular flexibility index (Phi) is 24.2. The number of hydrogen-bond acceptors (Lipinski definition) is 11. The molecule has 1 aromatic rings. The number of rotatable bonds is 28. The van der Waals surface area contributed by atoms with Gasteiger partial charge >= 0.3 is 5.97 Å². The molecule has 18 nitrogen and oxygen atoms in total. The number of unbranched alkanes of at least 4 members (excludes halogenated alkanes) is 5. The van der Waals surface area contributed by atoms with Crippen molar-refractivity contribution in [3.05, 3.63) is 29.8 Å². The maximum atomic E-state index is 12.8. The molecule has 7 N–H and O–H groups in total. The Labute approximate surface area is 359 Å². The summed E-state index contributed by atoms with van der Waals surface area (Å²) in [6.07, 6.45) is 11.8. The smallest absolute Gasteiger partial charge is 0.302 e. The summed E-state index contributed by atoms with van der Waals surface area (Å²) in [6, 6.07) is 5.61. The fourth-order valence-electron chi connectivity index (χ4n) is 6.39. The number of nitrogens with one attached hydrogen (secondary N) is 7. The first-order chi connectivity index (χ1) is 29.1. The Morgan fingerprint density at radius 3 is 2.08 bits per heavy atom. The van der Waals surface area contributed by atoms with Gasteiger partial charge in [0.05, 0.1) is 19.6 Å². The number of carbonyl (C=O) groups is 8. The number of terminal acetylenes is 1. The van der Waals surface area contributed by atoms with Crippen molar-refractivity contribution in [3.63, 3.8) is 0 Å². The lowest BCUT2D eigenvalue weighted by Gasteiger charge is -2.23. The van der Waals surface area contributed by atoms with Crippen molar-refractivity contribution >= 4 is 47.3 Å². The summed E-state index contributed by atoms with van der Waals surface area (Å²) >= 11 is 0. The molecule has 1 aliphatic rings. The predicted molar refractivity (Wildman–Crippen MR) is 227 cm³/mol. The molecule has 0 saturated carbocycles. The molecule has 1 fully saturated rings. The zero-order valence-electron chi connectivity index (χ0n) is 36.3. The van der Waals surface area contributed by atoms with Crippen LogP contribution in [0.2, 0.25) is 0 Å². The van der Waals surface area contributed by atoms with Crippen molar-refractivity contribution in [3.8, 4) is 18.1 Å². The Hall–Kier alpha value is -5.70. The predicted octanol–water partition coefficient (Wildman–Crippen LogP) is 0.224. The summed E-state index contributed by atoms with van der Waals surface area (Å²) in [5.74, 6) is -0.727. The van der Waals surface area contributed by atoms with Crippen LogP contribution in [-0.4, -0.2) is 129 Å². The van der Waals surface area contributed by atoms with Gasteiger partial charge in [0.2, 0.25) is 35.4 Å². The zero-order chi connectivity index (χ0) is 45.2. The van der Waals surface area contributed by atoms with E-state index in [0.29, 0.717) is 50.9 Å². The Balaban J connectivity index is 1.55. The summed E-state index contributed by atoms with van der Waals surface area (Å²) in [7, 11) is 1.44. The molecule has 18 heteroatoms. The fraction of sp³-hybridized carbons (Fsp3) is 0.628. The van der Waals surface area contributed by atoms with Gasteiger partial charge in [-0.05, 0) is 75.6 Å². The Morgan fingerprint density at radius 1 is 0.803 bits per heavy atom. The van der Waals surface area contributed by atoms with Gasteiger partial charge in [0.1, 0.15) is 23.9 Å². The van der Waals surface area contributed by atoms with Gasteiger partial charge in [0.25, 0.3) is 5.91 Å². The van der Waals surface area contributed by atoms with Gasteiger partial charge < -0.3 is 51.6 Å². The van der Waals surface area contributed by atoms with E-state index in [1.165, 1.54) is 25.8 Å². The summed E-state index contributed by atoms with van der Waals surface area (Å²) in [5, 5.41) is 19.0. The van der Waals surface area contributed by atoms with Crippen LogP contribution in [0.15, 0.2) is 24.3 Å². The summed E-state index contributed by atoms with van der Waals surface area (Å²) in [4.78, 5) is 99.7. The first-order valence-corrected chi connectivity index (χ1v) is 21.1. The van der Waals surface area contributed by atoms with Gasteiger partial charge in [-0.3, -0.25) is 38.4 Å². The normalized spacial score (nSPS) is 15.3. The minimum atomic E-state index is -0.980. The molecule has 1 saturated heterocycles. The number of carbonyl (C=O) groups excluding carboxylic acids is 8. The monoisotopic (exact) mass is 854 g/mol. The second-order valence-electron chi connectivity index (χ2n) is 15.4. The van der Waals surface area contributed by atoms with Gasteiger partial charge in [-0.25, -0.2) is 0 Å². The topological polar surface area (TPSA) is 242 Å². The highest BCUT2D eigenvalue weighted by molar-refractivity contribution is 5.94. The minimum absolute atomic E-state index is 0.0617. The summed E-state index contributed by atoms with van der Waals surface area (Å²) in [6.45, 7) is 6.94. The maximum Gasteiger partial charge on any atom is 0.302 e. The van der Waals surface area contributed by atoms with Crippen LogP contribution >= 0.6 is 0 Å². The molecule has 0 aliphatic carbocycles. The highest BCUT2D eigenvalue weighted by Crippen LogP contribution is 2.19. The third kappa shape index (κ3) is 21.9. The van der Waals surface area contributed by atoms with Crippen molar-refractivity contribution in [1.82, 2.24) is 42.1 Å². The number of likely N-dealkylation sites (N-methyl/N-ethyl adjacent to an activating group) is 1. The van der Waals surface area contributed by atoms with Gasteiger partial charge in [-0.2, -0.15) is 0 Å². The average molecular weight is 855 g/mol. The zero-order valence-corrected chi connectivity index (χ0v) is 36.3. The van der Waals surface area contributed by atoms with E-state index < -0.39 is 42.3 Å². The van der Waals surface area contributed by atoms with E-state index in [4.69, 9.17) is 15.9 Å². The SMILES string of the molecule is C#CCCCCC(=O)NCC(=O)NC(C(=O)NCC(=O)N[C@@H](C)C(=O)N(C)CC(=O)NCCCCCCNC(=O)COc1ccc(C[C@H]2NCC[C@H]2OC(C)=O)cc1)C(C)C. The van der Waals surface area contributed by atoms with E-state index in [1.54, 1.807) is 13.8 Å². The third-order valence-electron chi connectivity index (χ3n) is 9.71. The van der Waals surface area contributed by atoms with Crippen LogP contribution in [0.3, 0.4) is 0 Å². The number of benzene rings is 1. The molecule has 1 aromatic carbocycles. The molecule has 4 atom stereocenters. The molecular weight excluding hydrogens is 789 g/mol. The van der Waals surface area contributed by atoms with Gasteiger partial charge in [0, 0.05) is 45.9 Å². The second-order valence-corrected chi connectivity index (χ2v) is 15.4. The van der Waals surface area contributed by atoms with Crippen molar-refractivity contribution in [1.29, 1.82) is 0 Å². The molecule has 7 amide bonds. The highest BCUT2D eigenvalue weighted by Gasteiger charge is 2.29. The molecule has 61 heavy (non-hydrogen) atoms. The highest BCUT2D eigenvalue weighted by atomic mass is 16.5. The number of nitrogens with zero attached hydrogens (tertiary/aromatic N) is 1. The largest absolute Gasteiger partial charge is 0.484 e. The lowest BCUT2D eigenvalue weighted by molar-refractivity contribution is -0.146. The van der Waals surface area contributed by atoms with Crippen molar-refractivity contribution in [2.75, 3.05) is 52.9 Å². The van der Waals surface area contributed by atoms with Crippen LogP contribution in [0.5, 0.6) is 5.75 Å². The molecule has 2 rings (SSSR count). The van der Waals surface area contributed by atoms with E-state index in [1.807, 2.05) is 24.3 Å². The molecule has 1 aliphatic heterocycles. The van der Waals surface area contributed by atoms with Crippen molar-refractivity contribution in [2.45, 2.75) is 116 Å². The van der Waals surface area contributed by atoms with Crippen LogP contribution in [0.1, 0.15) is 91.0 Å². The average Bonchev–Trinajstić information content (AvgIpc) is 3.65. The van der Waals surface area contributed by atoms with E-state index in [9.17, 15) is 38.4 Å². The lowest BCUT2D eigenvalue weighted by Crippen LogP contribution is -2.54. The Bertz CT molecular complexity index is 1650. The first-order valence-electron chi connectivity index (χ1n) is 21.1. The van der Waals surface area contributed by atoms with E-state index in [-0.39, 0.29) is 67.9 Å². The van der Waals surface area contributed by atoms with Crippen molar-refractivity contribution in [2.24, 2.45) is 5.92 Å². The lowest BCUT2D eigenvalue weighted by atomic mass is 10.0. The van der Waals surface area contributed by atoms with E-state index in [2.05, 4.69) is 43.1 Å². The van der Waals surface area contributed by atoms with Gasteiger partial charge in [-0.15, -0.1) is 12.3 Å². The molecular formula is C43H66N8O10. The molecule has 1 unspecified atom stereocenters. The quantitative estimate of drug-likeness (QED) is 0.0342. The third-order valence-corrected chi connectivity index (χ3v) is 9.71. The molecule has 0 bridgehead atoms. The number of esters is 1. The van der Waals surface area contributed by atoms with Gasteiger partial charge in [0.15, 0.2) is 6.61 Å². The minimum Gasteiger partial charge on any atom is -0.484 e. The molecule has 0 spiro atoms. The first kappa shape index (κ1) is 51.4. The van der Waals surface area contributed by atoms with Crippen LogP contribution in [0.4, 0.5) is 0 Å². The van der Waals surface area contributed by atoms with Gasteiger partial charge in [-0.1, -0.05) is 38.8 Å². The number of hydrogen-bond donors (Lipinski definition) is 7. The van der Waals surface area contributed by atoms with Crippen LogP contribution < -0.4 is 42.0 Å². The molecule has 1 heterocycles. The van der Waals surface area contributed by atoms with E-state index >= 15 is 0 Å². The molecule has 338 valence electrons.